The van der Waals surface area contributed by atoms with Gasteiger partial charge in [0.05, 0.1) is 12.5 Å². The highest BCUT2D eigenvalue weighted by molar-refractivity contribution is 5.71. The van der Waals surface area contributed by atoms with Gasteiger partial charge in [0.15, 0.2) is 0 Å². The van der Waals surface area contributed by atoms with Gasteiger partial charge >= 0.3 is 5.97 Å². The van der Waals surface area contributed by atoms with Gasteiger partial charge in [0, 0.05) is 19.1 Å². The quantitative estimate of drug-likeness (QED) is 0.508. The number of benzene rings is 1. The van der Waals surface area contributed by atoms with Gasteiger partial charge in [-0.1, -0.05) is 64.0 Å². The van der Waals surface area contributed by atoms with Gasteiger partial charge < -0.3 is 9.84 Å². The van der Waals surface area contributed by atoms with Gasteiger partial charge in [-0.15, -0.1) is 0 Å². The summed E-state index contributed by atoms with van der Waals surface area (Å²) in [7, 11) is 0. The van der Waals surface area contributed by atoms with Crippen molar-refractivity contribution in [2.45, 2.75) is 83.6 Å². The lowest BCUT2D eigenvalue weighted by Crippen LogP contribution is -2.56. The molecule has 2 aliphatic rings. The third-order valence-corrected chi connectivity index (χ3v) is 6.45. The predicted octanol–water partition coefficient (Wildman–Crippen LogP) is 5.08. The summed E-state index contributed by atoms with van der Waals surface area (Å²) < 4.78 is 6.18. The van der Waals surface area contributed by atoms with E-state index in [9.17, 15) is 4.79 Å². The molecule has 0 amide bonds. The lowest BCUT2D eigenvalue weighted by atomic mass is 9.84. The minimum absolute atomic E-state index is 0.171. The first kappa shape index (κ1) is 21.2. The van der Waals surface area contributed by atoms with Crippen LogP contribution in [0.1, 0.15) is 75.8 Å². The lowest BCUT2D eigenvalue weighted by molar-refractivity contribution is -0.148. The zero-order valence-corrected chi connectivity index (χ0v) is 17.5. The van der Waals surface area contributed by atoms with Gasteiger partial charge in [0.25, 0.3) is 0 Å². The van der Waals surface area contributed by atoms with E-state index in [1.807, 2.05) is 0 Å². The summed E-state index contributed by atoms with van der Waals surface area (Å²) in [6.45, 7) is 4.48. The van der Waals surface area contributed by atoms with E-state index < -0.39 is 5.97 Å². The summed E-state index contributed by atoms with van der Waals surface area (Å²) in [6.07, 6.45) is 13.7. The Morgan fingerprint density at radius 3 is 2.54 bits per heavy atom. The summed E-state index contributed by atoms with van der Waals surface area (Å²) in [5.74, 6) is 0.233. The largest absolute Gasteiger partial charge is 0.493 e. The Hall–Kier alpha value is -1.55. The highest BCUT2D eigenvalue weighted by Gasteiger charge is 2.38. The Morgan fingerprint density at radius 2 is 1.82 bits per heavy atom. The lowest BCUT2D eigenvalue weighted by Gasteiger charge is -2.44. The number of hydrogen-bond donors (Lipinski definition) is 1. The summed E-state index contributed by atoms with van der Waals surface area (Å²) >= 11 is 0. The molecule has 3 rings (SSSR count). The Bertz CT molecular complexity index is 624. The fourth-order valence-corrected chi connectivity index (χ4v) is 4.57. The second kappa shape index (κ2) is 10.8. The van der Waals surface area contributed by atoms with E-state index in [1.165, 1.54) is 56.1 Å². The number of fused-ring (bicyclic) bond motifs is 1. The number of aliphatic carboxylic acids is 1. The molecule has 0 aromatic heterocycles. The zero-order chi connectivity index (χ0) is 19.8. The number of carboxylic acids is 1. The SMILES string of the molecule is CCCCCCCCCCOc1cccc2c1CC(N1CC(C(=O)O)C1)CC2. The van der Waals surface area contributed by atoms with Crippen LogP contribution in [0.3, 0.4) is 0 Å². The van der Waals surface area contributed by atoms with E-state index >= 15 is 0 Å². The van der Waals surface area contributed by atoms with Crippen LogP contribution in [0.5, 0.6) is 5.75 Å². The van der Waals surface area contributed by atoms with Crippen LogP contribution >= 0.6 is 0 Å². The Balaban J connectivity index is 1.40. The topological polar surface area (TPSA) is 49.8 Å². The fourth-order valence-electron chi connectivity index (χ4n) is 4.57. The summed E-state index contributed by atoms with van der Waals surface area (Å²) in [6, 6.07) is 6.93. The summed E-state index contributed by atoms with van der Waals surface area (Å²) in [5, 5.41) is 9.12. The Labute approximate surface area is 170 Å². The van der Waals surface area contributed by atoms with Crippen molar-refractivity contribution in [3.05, 3.63) is 29.3 Å². The van der Waals surface area contributed by atoms with Crippen molar-refractivity contribution in [2.24, 2.45) is 5.92 Å². The van der Waals surface area contributed by atoms with Gasteiger partial charge in [0.1, 0.15) is 5.75 Å². The van der Waals surface area contributed by atoms with Gasteiger partial charge in [-0.05, 0) is 42.9 Å². The molecule has 4 heteroatoms. The van der Waals surface area contributed by atoms with Crippen LogP contribution in [0.2, 0.25) is 0 Å². The van der Waals surface area contributed by atoms with Crippen molar-refractivity contribution in [2.75, 3.05) is 19.7 Å². The number of unbranched alkanes of at least 4 members (excludes halogenated alkanes) is 7. The first-order valence-electron chi connectivity index (χ1n) is 11.4. The highest BCUT2D eigenvalue weighted by Crippen LogP contribution is 2.34. The molecule has 0 saturated carbocycles. The van der Waals surface area contributed by atoms with Crippen molar-refractivity contribution < 1.29 is 14.6 Å². The van der Waals surface area contributed by atoms with Crippen LogP contribution in [0.15, 0.2) is 18.2 Å². The monoisotopic (exact) mass is 387 g/mol. The van der Waals surface area contributed by atoms with Crippen molar-refractivity contribution in [1.29, 1.82) is 0 Å². The van der Waals surface area contributed by atoms with Crippen LogP contribution in [0.25, 0.3) is 0 Å². The van der Waals surface area contributed by atoms with Gasteiger partial charge in [0.2, 0.25) is 0 Å². The first-order chi connectivity index (χ1) is 13.7. The molecule has 1 aromatic carbocycles. The second-order valence-corrected chi connectivity index (χ2v) is 8.60. The number of ether oxygens (including phenoxy) is 1. The van der Waals surface area contributed by atoms with Crippen molar-refractivity contribution in [1.82, 2.24) is 4.90 Å². The number of carbonyl (C=O) groups is 1. The average Bonchev–Trinajstić information content (AvgIpc) is 2.65. The predicted molar refractivity (Wildman–Crippen MR) is 113 cm³/mol. The Morgan fingerprint density at radius 1 is 1.11 bits per heavy atom. The molecule has 1 aliphatic carbocycles. The van der Waals surface area contributed by atoms with E-state index in [1.54, 1.807) is 0 Å². The molecule has 1 unspecified atom stereocenters. The number of hydrogen-bond acceptors (Lipinski definition) is 3. The minimum atomic E-state index is -0.651. The summed E-state index contributed by atoms with van der Waals surface area (Å²) in [5.41, 5.74) is 2.78. The molecule has 156 valence electrons. The molecule has 1 aromatic rings. The smallest absolute Gasteiger partial charge is 0.309 e. The standard InChI is InChI=1S/C24H37NO3/c1-2-3-4-5-6-7-8-9-15-28-23-12-10-11-19-13-14-21(16-22(19)23)25-17-20(18-25)24(26)27/h10-12,20-21H,2-9,13-18H2,1H3,(H,26,27). The molecule has 0 spiro atoms. The molecule has 1 aliphatic heterocycles. The number of nitrogens with zero attached hydrogens (tertiary/aromatic N) is 1. The molecule has 0 radical (unpaired) electrons. The third-order valence-electron chi connectivity index (χ3n) is 6.45. The van der Waals surface area contributed by atoms with E-state index in [4.69, 9.17) is 9.84 Å². The molecule has 0 bridgehead atoms. The second-order valence-electron chi connectivity index (χ2n) is 8.60. The van der Waals surface area contributed by atoms with Gasteiger partial charge in [-0.25, -0.2) is 0 Å². The molecule has 4 nitrogen and oxygen atoms in total. The minimum Gasteiger partial charge on any atom is -0.493 e. The molecule has 1 fully saturated rings. The molecule has 1 saturated heterocycles. The zero-order valence-electron chi connectivity index (χ0n) is 17.5. The van der Waals surface area contributed by atoms with Gasteiger partial charge in [-0.2, -0.15) is 0 Å². The van der Waals surface area contributed by atoms with Crippen molar-refractivity contribution in [3.63, 3.8) is 0 Å². The van der Waals surface area contributed by atoms with Crippen LogP contribution in [0.4, 0.5) is 0 Å². The average molecular weight is 388 g/mol. The van der Waals surface area contributed by atoms with Crippen LogP contribution < -0.4 is 4.74 Å². The first-order valence-corrected chi connectivity index (χ1v) is 11.4. The molecule has 1 heterocycles. The van der Waals surface area contributed by atoms with Gasteiger partial charge in [-0.3, -0.25) is 9.69 Å². The fraction of sp³-hybridized carbons (Fsp3) is 0.708. The number of likely N-dealkylation sites (tertiary alicyclic amines) is 1. The van der Waals surface area contributed by atoms with E-state index in [2.05, 4.69) is 30.0 Å². The molecular formula is C24H37NO3. The molecule has 28 heavy (non-hydrogen) atoms. The van der Waals surface area contributed by atoms with Crippen LogP contribution in [-0.2, 0) is 17.6 Å². The molecule has 1 N–H and O–H groups in total. The van der Waals surface area contributed by atoms with E-state index in [0.717, 1.165) is 38.0 Å². The third kappa shape index (κ3) is 5.73. The van der Waals surface area contributed by atoms with E-state index in [0.29, 0.717) is 19.1 Å². The summed E-state index contributed by atoms with van der Waals surface area (Å²) in [4.78, 5) is 13.4. The molecule has 1 atom stereocenters. The van der Waals surface area contributed by atoms with Crippen LogP contribution in [0, 0.1) is 5.92 Å². The normalized spacial score (nSPS) is 19.8. The van der Waals surface area contributed by atoms with Crippen molar-refractivity contribution in [3.8, 4) is 5.75 Å². The number of aryl methyl sites for hydroxylation is 1. The Kier molecular flexibility index (Phi) is 8.20. The van der Waals surface area contributed by atoms with Crippen molar-refractivity contribution >= 4 is 5.97 Å². The van der Waals surface area contributed by atoms with E-state index in [-0.39, 0.29) is 5.92 Å². The number of rotatable bonds is 12. The molecular weight excluding hydrogens is 350 g/mol. The van der Waals surface area contributed by atoms with Crippen LogP contribution in [-0.4, -0.2) is 41.7 Å². The maximum atomic E-state index is 11.1. The number of carboxylic acid groups (broad SMARTS) is 1. The maximum Gasteiger partial charge on any atom is 0.309 e. The highest BCUT2D eigenvalue weighted by atomic mass is 16.5. The maximum absolute atomic E-state index is 11.1.